The van der Waals surface area contributed by atoms with Gasteiger partial charge in [0.25, 0.3) is 5.91 Å². The number of carbonyl (C=O) groups is 1. The van der Waals surface area contributed by atoms with Crippen LogP contribution in [0.1, 0.15) is 43.6 Å². The largest absolute Gasteiger partial charge is 0.491 e. The van der Waals surface area contributed by atoms with Crippen molar-refractivity contribution in [1.82, 2.24) is 9.88 Å². The molecule has 0 unspecified atom stereocenters. The number of amides is 1. The summed E-state index contributed by atoms with van der Waals surface area (Å²) in [6.45, 7) is 13.6. The summed E-state index contributed by atoms with van der Waals surface area (Å²) >= 11 is 1.57. The lowest BCUT2D eigenvalue weighted by Crippen LogP contribution is -2.38. The highest BCUT2D eigenvalue weighted by atomic mass is 32.1. The van der Waals surface area contributed by atoms with Gasteiger partial charge in [0.05, 0.1) is 16.3 Å². The van der Waals surface area contributed by atoms with Crippen LogP contribution in [0.15, 0.2) is 42.5 Å². The summed E-state index contributed by atoms with van der Waals surface area (Å²) in [6, 6.07) is 13.5. The van der Waals surface area contributed by atoms with Gasteiger partial charge in [0.15, 0.2) is 5.13 Å². The van der Waals surface area contributed by atoms with E-state index in [9.17, 15) is 4.79 Å². The molecule has 6 heteroatoms. The third-order valence-electron chi connectivity index (χ3n) is 5.09. The summed E-state index contributed by atoms with van der Waals surface area (Å²) < 4.78 is 6.82. The predicted octanol–water partition coefficient (Wildman–Crippen LogP) is 5.38. The van der Waals surface area contributed by atoms with E-state index < -0.39 is 0 Å². The monoisotopic (exact) mass is 425 g/mol. The lowest BCUT2D eigenvalue weighted by molar-refractivity contribution is 0.0983. The summed E-state index contributed by atoms with van der Waals surface area (Å²) in [4.78, 5) is 22.4. The van der Waals surface area contributed by atoms with Crippen LogP contribution in [0.2, 0.25) is 0 Å². The van der Waals surface area contributed by atoms with Gasteiger partial charge in [0, 0.05) is 18.7 Å². The maximum Gasteiger partial charge on any atom is 0.260 e. The molecule has 0 atom stereocenters. The van der Waals surface area contributed by atoms with Crippen LogP contribution >= 0.6 is 11.3 Å². The van der Waals surface area contributed by atoms with Crippen molar-refractivity contribution in [3.8, 4) is 5.75 Å². The number of para-hydroxylation sites is 1. The van der Waals surface area contributed by atoms with Crippen molar-refractivity contribution in [2.75, 3.05) is 31.1 Å². The number of carbonyl (C=O) groups excluding carboxylic acids is 1. The van der Waals surface area contributed by atoms with Gasteiger partial charge >= 0.3 is 0 Å². The number of aryl methyl sites for hydroxylation is 1. The molecule has 0 radical (unpaired) electrons. The van der Waals surface area contributed by atoms with Gasteiger partial charge in [-0.15, -0.1) is 0 Å². The average molecular weight is 426 g/mol. The summed E-state index contributed by atoms with van der Waals surface area (Å²) in [5.74, 6) is 0.738. The third kappa shape index (κ3) is 5.18. The van der Waals surface area contributed by atoms with Crippen LogP contribution in [-0.4, -0.2) is 48.1 Å². The molecule has 0 saturated carbocycles. The molecule has 160 valence electrons. The number of aromatic nitrogens is 1. The molecule has 0 saturated heterocycles. The normalized spacial score (nSPS) is 11.4. The summed E-state index contributed by atoms with van der Waals surface area (Å²) in [5, 5.41) is 0.749. The first-order valence-electron chi connectivity index (χ1n) is 10.6. The molecule has 5 nitrogen and oxygen atoms in total. The fourth-order valence-electron chi connectivity index (χ4n) is 3.36. The van der Waals surface area contributed by atoms with E-state index in [0.717, 1.165) is 46.3 Å². The number of nitrogens with zero attached hydrogens (tertiary/aromatic N) is 3. The number of rotatable bonds is 9. The Balaban J connectivity index is 1.91. The fraction of sp³-hybridized carbons (Fsp3) is 0.417. The molecule has 0 bridgehead atoms. The Morgan fingerprint density at radius 2 is 1.77 bits per heavy atom. The van der Waals surface area contributed by atoms with Gasteiger partial charge in [0.1, 0.15) is 5.75 Å². The van der Waals surface area contributed by atoms with Crippen LogP contribution in [0.4, 0.5) is 5.13 Å². The number of ether oxygens (including phenoxy) is 1. The molecule has 3 rings (SSSR count). The van der Waals surface area contributed by atoms with E-state index in [1.165, 1.54) is 0 Å². The molecule has 1 amide bonds. The lowest BCUT2D eigenvalue weighted by atomic mass is 10.2. The number of benzene rings is 2. The maximum atomic E-state index is 13.5. The van der Waals surface area contributed by atoms with E-state index in [4.69, 9.17) is 9.72 Å². The van der Waals surface area contributed by atoms with E-state index in [1.54, 1.807) is 11.3 Å². The molecule has 0 aliphatic rings. The molecule has 0 aliphatic carbocycles. The Labute approximate surface area is 183 Å². The highest BCUT2D eigenvalue weighted by molar-refractivity contribution is 7.22. The standard InChI is InChI=1S/C24H31N3O2S/c1-6-26(7-2)15-16-27(24-25-22-18(5)9-8-10-21(22)30-24)23(28)19-11-13-20(14-12-19)29-17(3)4/h8-14,17H,6-7,15-16H2,1-5H3. The molecule has 1 heterocycles. The zero-order valence-corrected chi connectivity index (χ0v) is 19.3. The summed E-state index contributed by atoms with van der Waals surface area (Å²) in [6.07, 6.45) is 0.100. The van der Waals surface area contributed by atoms with Crippen molar-refractivity contribution in [3.05, 3.63) is 53.6 Å². The quantitative estimate of drug-likeness (QED) is 0.462. The molecular formula is C24H31N3O2S. The first-order valence-corrected chi connectivity index (χ1v) is 11.4. The first-order chi connectivity index (χ1) is 14.4. The van der Waals surface area contributed by atoms with Crippen molar-refractivity contribution < 1.29 is 9.53 Å². The van der Waals surface area contributed by atoms with E-state index in [1.807, 2.05) is 49.1 Å². The molecular weight excluding hydrogens is 394 g/mol. The highest BCUT2D eigenvalue weighted by Crippen LogP contribution is 2.31. The maximum absolute atomic E-state index is 13.5. The Morgan fingerprint density at radius 1 is 1.07 bits per heavy atom. The fourth-order valence-corrected chi connectivity index (χ4v) is 4.43. The van der Waals surface area contributed by atoms with Crippen LogP contribution in [0, 0.1) is 6.92 Å². The predicted molar refractivity (Wildman–Crippen MR) is 126 cm³/mol. The minimum absolute atomic E-state index is 0.0324. The Hall–Kier alpha value is -2.44. The van der Waals surface area contributed by atoms with Gasteiger partial charge in [-0.05, 0) is 69.8 Å². The Bertz CT molecular complexity index is 978. The van der Waals surface area contributed by atoms with Crippen LogP contribution in [0.5, 0.6) is 5.75 Å². The van der Waals surface area contributed by atoms with Crippen molar-refractivity contribution >= 4 is 32.6 Å². The van der Waals surface area contributed by atoms with E-state index in [2.05, 4.69) is 37.8 Å². The second kappa shape index (κ2) is 10.0. The van der Waals surface area contributed by atoms with Crippen LogP contribution in [-0.2, 0) is 0 Å². The van der Waals surface area contributed by atoms with Crippen molar-refractivity contribution in [3.63, 3.8) is 0 Å². The average Bonchev–Trinajstić information content (AvgIpc) is 3.16. The highest BCUT2D eigenvalue weighted by Gasteiger charge is 2.22. The van der Waals surface area contributed by atoms with Gasteiger partial charge < -0.3 is 9.64 Å². The number of hydrogen-bond donors (Lipinski definition) is 0. The number of likely N-dealkylation sites (N-methyl/N-ethyl adjacent to an activating group) is 1. The van der Waals surface area contributed by atoms with E-state index in [-0.39, 0.29) is 12.0 Å². The van der Waals surface area contributed by atoms with Crippen LogP contribution in [0.3, 0.4) is 0 Å². The lowest BCUT2D eigenvalue weighted by Gasteiger charge is -2.25. The first kappa shape index (κ1) is 22.2. The van der Waals surface area contributed by atoms with Crippen molar-refractivity contribution in [2.24, 2.45) is 0 Å². The zero-order valence-electron chi connectivity index (χ0n) is 18.5. The van der Waals surface area contributed by atoms with E-state index in [0.29, 0.717) is 12.1 Å². The summed E-state index contributed by atoms with van der Waals surface area (Å²) in [5.41, 5.74) is 2.74. The topological polar surface area (TPSA) is 45.7 Å². The smallest absolute Gasteiger partial charge is 0.260 e. The molecule has 2 aromatic carbocycles. The van der Waals surface area contributed by atoms with Crippen molar-refractivity contribution in [1.29, 1.82) is 0 Å². The van der Waals surface area contributed by atoms with Gasteiger partial charge in [-0.3, -0.25) is 9.69 Å². The molecule has 0 N–H and O–H groups in total. The molecule has 0 aliphatic heterocycles. The van der Waals surface area contributed by atoms with Crippen molar-refractivity contribution in [2.45, 2.75) is 40.7 Å². The van der Waals surface area contributed by atoms with Gasteiger partial charge in [-0.2, -0.15) is 0 Å². The van der Waals surface area contributed by atoms with Gasteiger partial charge in [-0.25, -0.2) is 4.98 Å². The molecule has 3 aromatic rings. The molecule has 0 fully saturated rings. The van der Waals surface area contributed by atoms with Gasteiger partial charge in [-0.1, -0.05) is 37.3 Å². The second-order valence-corrected chi connectivity index (χ2v) is 8.60. The third-order valence-corrected chi connectivity index (χ3v) is 6.14. The van der Waals surface area contributed by atoms with Gasteiger partial charge in [0.2, 0.25) is 0 Å². The molecule has 30 heavy (non-hydrogen) atoms. The second-order valence-electron chi connectivity index (χ2n) is 7.59. The van der Waals surface area contributed by atoms with Crippen LogP contribution < -0.4 is 9.64 Å². The summed E-state index contributed by atoms with van der Waals surface area (Å²) in [7, 11) is 0. The van der Waals surface area contributed by atoms with E-state index >= 15 is 0 Å². The minimum Gasteiger partial charge on any atom is -0.491 e. The molecule has 1 aromatic heterocycles. The Kier molecular flexibility index (Phi) is 7.45. The SMILES string of the molecule is CCN(CC)CCN(C(=O)c1ccc(OC(C)C)cc1)c1nc2c(C)cccc2s1. The van der Waals surface area contributed by atoms with Crippen LogP contribution in [0.25, 0.3) is 10.2 Å². The minimum atomic E-state index is -0.0324. The Morgan fingerprint density at radius 3 is 2.37 bits per heavy atom. The number of hydrogen-bond acceptors (Lipinski definition) is 5. The number of anilines is 1. The number of thiazole rings is 1. The molecule has 0 spiro atoms. The number of fused-ring (bicyclic) bond motifs is 1. The zero-order chi connectivity index (χ0) is 21.7.